The molecule has 0 aliphatic rings. The van der Waals surface area contributed by atoms with Crippen molar-refractivity contribution < 1.29 is 4.74 Å². The summed E-state index contributed by atoms with van der Waals surface area (Å²) in [5, 5.41) is 7.05. The summed E-state index contributed by atoms with van der Waals surface area (Å²) < 4.78 is 5.58. The van der Waals surface area contributed by atoms with Gasteiger partial charge in [-0.3, -0.25) is 4.99 Å². The van der Waals surface area contributed by atoms with E-state index in [9.17, 15) is 0 Å². The highest BCUT2D eigenvalue weighted by Gasteiger charge is 2.01. The van der Waals surface area contributed by atoms with Crippen LogP contribution in [0.15, 0.2) is 29.3 Å². The predicted molar refractivity (Wildman–Crippen MR) is 96.6 cm³/mol. The highest BCUT2D eigenvalue weighted by Crippen LogP contribution is 2.22. The van der Waals surface area contributed by atoms with Crippen LogP contribution < -0.4 is 15.4 Å². The number of aliphatic imine (C=N–C) groups is 1. The number of ether oxygens (including phenoxy) is 1. The van der Waals surface area contributed by atoms with Gasteiger partial charge >= 0.3 is 0 Å². The Bertz CT molecular complexity index is 413. The zero-order valence-corrected chi connectivity index (χ0v) is 15.2. The van der Waals surface area contributed by atoms with Gasteiger partial charge in [-0.2, -0.15) is 0 Å². The minimum atomic E-state index is 0. The van der Waals surface area contributed by atoms with Crippen molar-refractivity contribution >= 4 is 41.5 Å². The van der Waals surface area contributed by atoms with E-state index in [0.29, 0.717) is 29.8 Å². The standard InChI is InChI=1S/C14H22ClN3O.HI/c1-11(2)10-18-14(16-3)17-8-9-19-13-7-5-4-6-12(13)15;/h4-7,11H,8-10H2,1-3H3,(H2,16,17,18);1H. The minimum Gasteiger partial charge on any atom is -0.490 e. The Morgan fingerprint density at radius 1 is 1.30 bits per heavy atom. The molecule has 1 rings (SSSR count). The van der Waals surface area contributed by atoms with Crippen LogP contribution in [0.4, 0.5) is 0 Å². The summed E-state index contributed by atoms with van der Waals surface area (Å²) in [4.78, 5) is 4.13. The number of halogens is 2. The fourth-order valence-electron chi connectivity index (χ4n) is 1.41. The number of nitrogens with one attached hydrogen (secondary N) is 2. The largest absolute Gasteiger partial charge is 0.490 e. The number of guanidine groups is 1. The number of benzene rings is 1. The van der Waals surface area contributed by atoms with Crippen LogP contribution in [0.2, 0.25) is 5.02 Å². The molecule has 0 heterocycles. The van der Waals surface area contributed by atoms with Crippen molar-refractivity contribution in [3.8, 4) is 5.75 Å². The first-order valence-corrected chi connectivity index (χ1v) is 6.83. The van der Waals surface area contributed by atoms with Gasteiger partial charge in [-0.05, 0) is 18.1 Å². The summed E-state index contributed by atoms with van der Waals surface area (Å²) in [6.07, 6.45) is 0. The molecule has 2 N–H and O–H groups in total. The molecule has 1 aromatic rings. The van der Waals surface area contributed by atoms with Gasteiger partial charge in [0, 0.05) is 13.6 Å². The molecule has 20 heavy (non-hydrogen) atoms. The lowest BCUT2D eigenvalue weighted by Gasteiger charge is -2.14. The molecule has 0 radical (unpaired) electrons. The SMILES string of the molecule is CN=C(NCCOc1ccccc1Cl)NCC(C)C.I. The third-order valence-corrected chi connectivity index (χ3v) is 2.70. The minimum absolute atomic E-state index is 0. The van der Waals surface area contributed by atoms with Gasteiger partial charge in [-0.25, -0.2) is 0 Å². The Balaban J connectivity index is 0.00000361. The van der Waals surface area contributed by atoms with Crippen LogP contribution in [0.3, 0.4) is 0 Å². The zero-order valence-electron chi connectivity index (χ0n) is 12.1. The molecule has 0 aliphatic heterocycles. The average molecular weight is 412 g/mol. The molecule has 0 atom stereocenters. The fraction of sp³-hybridized carbons (Fsp3) is 0.500. The first-order valence-electron chi connectivity index (χ1n) is 6.45. The first-order chi connectivity index (χ1) is 9.13. The second-order valence-corrected chi connectivity index (χ2v) is 4.96. The highest BCUT2D eigenvalue weighted by molar-refractivity contribution is 14.0. The quantitative estimate of drug-likeness (QED) is 0.327. The number of nitrogens with zero attached hydrogens (tertiary/aromatic N) is 1. The molecule has 4 nitrogen and oxygen atoms in total. The second-order valence-electron chi connectivity index (χ2n) is 4.55. The van der Waals surface area contributed by atoms with Crippen molar-refractivity contribution in [1.29, 1.82) is 0 Å². The summed E-state index contributed by atoms with van der Waals surface area (Å²) in [5.41, 5.74) is 0. The highest BCUT2D eigenvalue weighted by atomic mass is 127. The predicted octanol–water partition coefficient (Wildman–Crippen LogP) is 3.16. The summed E-state index contributed by atoms with van der Waals surface area (Å²) in [7, 11) is 1.75. The topological polar surface area (TPSA) is 45.7 Å². The Kier molecular flexibility index (Phi) is 10.6. The van der Waals surface area contributed by atoms with E-state index in [4.69, 9.17) is 16.3 Å². The van der Waals surface area contributed by atoms with E-state index in [1.54, 1.807) is 7.05 Å². The van der Waals surface area contributed by atoms with Gasteiger partial charge in [0.15, 0.2) is 5.96 Å². The van der Waals surface area contributed by atoms with Crippen LogP contribution in [-0.2, 0) is 0 Å². The van der Waals surface area contributed by atoms with Crippen molar-refractivity contribution in [1.82, 2.24) is 10.6 Å². The molecule has 6 heteroatoms. The molecule has 0 amide bonds. The zero-order chi connectivity index (χ0) is 14.1. The number of rotatable bonds is 6. The van der Waals surface area contributed by atoms with E-state index >= 15 is 0 Å². The Hall–Kier alpha value is -0.690. The van der Waals surface area contributed by atoms with Gasteiger partial charge in [-0.1, -0.05) is 37.6 Å². The van der Waals surface area contributed by atoms with Gasteiger partial charge in [0.25, 0.3) is 0 Å². The first kappa shape index (κ1) is 19.3. The molecule has 114 valence electrons. The summed E-state index contributed by atoms with van der Waals surface area (Å²) in [6.45, 7) is 6.40. The lowest BCUT2D eigenvalue weighted by molar-refractivity contribution is 0.322. The molecule has 0 spiro atoms. The van der Waals surface area contributed by atoms with E-state index in [2.05, 4.69) is 29.5 Å². The summed E-state index contributed by atoms with van der Waals surface area (Å²) >= 11 is 6.00. The molecule has 1 aromatic carbocycles. The van der Waals surface area contributed by atoms with Crippen molar-refractivity contribution in [2.75, 3.05) is 26.7 Å². The van der Waals surface area contributed by atoms with Crippen molar-refractivity contribution in [3.05, 3.63) is 29.3 Å². The van der Waals surface area contributed by atoms with E-state index < -0.39 is 0 Å². The monoisotopic (exact) mass is 411 g/mol. The smallest absolute Gasteiger partial charge is 0.191 e. The molecule has 0 saturated carbocycles. The number of hydrogen-bond donors (Lipinski definition) is 2. The van der Waals surface area contributed by atoms with E-state index in [-0.39, 0.29) is 24.0 Å². The fourth-order valence-corrected chi connectivity index (χ4v) is 1.60. The maximum absolute atomic E-state index is 6.00. The van der Waals surface area contributed by atoms with Crippen molar-refractivity contribution in [2.24, 2.45) is 10.9 Å². The molecule has 0 unspecified atom stereocenters. The number of para-hydroxylation sites is 1. The molecule has 0 aromatic heterocycles. The molecule has 0 aliphatic carbocycles. The third kappa shape index (κ3) is 7.79. The Labute approximate surface area is 143 Å². The van der Waals surface area contributed by atoms with Crippen molar-refractivity contribution in [3.63, 3.8) is 0 Å². The lowest BCUT2D eigenvalue weighted by atomic mass is 10.2. The van der Waals surface area contributed by atoms with Crippen LogP contribution >= 0.6 is 35.6 Å². The molecule has 0 fully saturated rings. The van der Waals surface area contributed by atoms with Gasteiger partial charge < -0.3 is 15.4 Å². The van der Waals surface area contributed by atoms with Gasteiger partial charge in [0.1, 0.15) is 12.4 Å². The average Bonchev–Trinajstić information content (AvgIpc) is 2.39. The van der Waals surface area contributed by atoms with Crippen LogP contribution in [0, 0.1) is 5.92 Å². The van der Waals surface area contributed by atoms with Crippen LogP contribution in [0.1, 0.15) is 13.8 Å². The Morgan fingerprint density at radius 3 is 2.60 bits per heavy atom. The summed E-state index contributed by atoms with van der Waals surface area (Å²) in [5.74, 6) is 2.07. The van der Waals surface area contributed by atoms with Crippen molar-refractivity contribution in [2.45, 2.75) is 13.8 Å². The van der Waals surface area contributed by atoms with Gasteiger partial charge in [0.05, 0.1) is 11.6 Å². The second kappa shape index (κ2) is 11.0. The Morgan fingerprint density at radius 2 is 2.00 bits per heavy atom. The van der Waals surface area contributed by atoms with Crippen LogP contribution in [0.5, 0.6) is 5.75 Å². The molecular formula is C14H23ClIN3O. The molecule has 0 bridgehead atoms. The number of hydrogen-bond acceptors (Lipinski definition) is 2. The van der Waals surface area contributed by atoms with Gasteiger partial charge in [-0.15, -0.1) is 24.0 Å². The molecular weight excluding hydrogens is 389 g/mol. The third-order valence-electron chi connectivity index (χ3n) is 2.39. The van der Waals surface area contributed by atoms with E-state index in [0.717, 1.165) is 12.5 Å². The maximum atomic E-state index is 6.00. The normalized spacial score (nSPS) is 10.9. The lowest BCUT2D eigenvalue weighted by Crippen LogP contribution is -2.40. The van der Waals surface area contributed by atoms with E-state index in [1.807, 2.05) is 24.3 Å². The maximum Gasteiger partial charge on any atom is 0.191 e. The van der Waals surface area contributed by atoms with E-state index in [1.165, 1.54) is 0 Å². The molecule has 0 saturated heterocycles. The van der Waals surface area contributed by atoms with Crippen LogP contribution in [0.25, 0.3) is 0 Å². The summed E-state index contributed by atoms with van der Waals surface area (Å²) in [6, 6.07) is 7.45. The van der Waals surface area contributed by atoms with Gasteiger partial charge in [0.2, 0.25) is 0 Å². The van der Waals surface area contributed by atoms with Crippen LogP contribution in [-0.4, -0.2) is 32.7 Å².